The summed E-state index contributed by atoms with van der Waals surface area (Å²) in [6, 6.07) is 8.28. The second kappa shape index (κ2) is 6.00. The van der Waals surface area contributed by atoms with Gasteiger partial charge in [-0.25, -0.2) is 0 Å². The maximum Gasteiger partial charge on any atom is 0.308 e. The summed E-state index contributed by atoms with van der Waals surface area (Å²) >= 11 is 3.25. The number of hydrogen-bond donors (Lipinski definition) is 0. The zero-order valence-electron chi connectivity index (χ0n) is 13.3. The summed E-state index contributed by atoms with van der Waals surface area (Å²) in [5.41, 5.74) is 1.24. The van der Waals surface area contributed by atoms with Crippen molar-refractivity contribution in [1.82, 2.24) is 9.47 Å². The number of rotatable bonds is 3. The number of fused-ring (bicyclic) bond motifs is 5. The molecule has 1 aromatic heterocycles. The number of hydrogen-bond acceptors (Lipinski definition) is 5. The van der Waals surface area contributed by atoms with E-state index in [-0.39, 0.29) is 4.87 Å². The first-order valence-corrected chi connectivity index (χ1v) is 9.68. The highest BCUT2D eigenvalue weighted by molar-refractivity contribution is 7.99. The van der Waals surface area contributed by atoms with Gasteiger partial charge < -0.3 is 9.64 Å². The molecule has 0 aliphatic carbocycles. The van der Waals surface area contributed by atoms with Gasteiger partial charge in [0.05, 0.1) is 11.6 Å². The topological polar surface area (TPSA) is 34.5 Å². The van der Waals surface area contributed by atoms with E-state index >= 15 is 0 Å². The molecule has 6 heteroatoms. The standard InChI is InChI=1S/C17H20N2O2S2/c1-18(2)7-8-19-16-15(23-17(19)20)14-11(10-22-16)9-21-13-6-4-3-5-12(13)14/h3-6,11,14H,7-10H2,1-2H3/t11-,14-/m1/s1. The smallest absolute Gasteiger partial charge is 0.308 e. The maximum absolute atomic E-state index is 12.5. The summed E-state index contributed by atoms with van der Waals surface area (Å²) in [5.74, 6) is 2.77. The molecule has 0 amide bonds. The van der Waals surface area contributed by atoms with Crippen LogP contribution in [0, 0.1) is 5.92 Å². The molecule has 0 unspecified atom stereocenters. The SMILES string of the molecule is CN(C)CCn1c2c(sc1=O)[C@H]1c3ccccc3OC[C@@H]1CS2. The molecule has 1 aromatic carbocycles. The van der Waals surface area contributed by atoms with Crippen LogP contribution >= 0.6 is 23.1 Å². The van der Waals surface area contributed by atoms with Gasteiger partial charge in [0.15, 0.2) is 0 Å². The van der Waals surface area contributed by atoms with E-state index < -0.39 is 0 Å². The second-order valence-corrected chi connectivity index (χ2v) is 8.39. The van der Waals surface area contributed by atoms with Crippen LogP contribution in [0.15, 0.2) is 34.1 Å². The molecule has 2 atom stereocenters. The lowest BCUT2D eigenvalue weighted by molar-refractivity contribution is 0.218. The average molecular weight is 348 g/mol. The molecule has 4 rings (SSSR count). The van der Waals surface area contributed by atoms with E-state index in [1.807, 2.05) is 42.6 Å². The van der Waals surface area contributed by atoms with E-state index in [0.717, 1.165) is 31.2 Å². The Balaban J connectivity index is 1.78. The van der Waals surface area contributed by atoms with Crippen molar-refractivity contribution >= 4 is 23.1 Å². The number of nitrogens with zero attached hydrogens (tertiary/aromatic N) is 2. The summed E-state index contributed by atoms with van der Waals surface area (Å²) in [6.07, 6.45) is 0. The zero-order chi connectivity index (χ0) is 16.0. The van der Waals surface area contributed by atoms with Crippen LogP contribution < -0.4 is 9.61 Å². The Morgan fingerprint density at radius 2 is 2.17 bits per heavy atom. The van der Waals surface area contributed by atoms with Gasteiger partial charge in [-0.2, -0.15) is 0 Å². The third-order valence-corrected chi connectivity index (χ3v) is 7.04. The Morgan fingerprint density at radius 1 is 1.35 bits per heavy atom. The largest absolute Gasteiger partial charge is 0.493 e. The lowest BCUT2D eigenvalue weighted by atomic mass is 9.84. The summed E-state index contributed by atoms with van der Waals surface area (Å²) in [7, 11) is 4.09. The van der Waals surface area contributed by atoms with Gasteiger partial charge in [0.2, 0.25) is 0 Å². The lowest BCUT2D eigenvalue weighted by Crippen LogP contribution is -2.31. The molecule has 0 bridgehead atoms. The van der Waals surface area contributed by atoms with Crippen LogP contribution in [-0.2, 0) is 6.54 Å². The van der Waals surface area contributed by atoms with Gasteiger partial charge in [0, 0.05) is 41.1 Å². The molecule has 0 spiro atoms. The van der Waals surface area contributed by atoms with Gasteiger partial charge in [0.1, 0.15) is 5.75 Å². The minimum Gasteiger partial charge on any atom is -0.493 e. The van der Waals surface area contributed by atoms with Crippen LogP contribution in [0.5, 0.6) is 5.75 Å². The summed E-state index contributed by atoms with van der Waals surface area (Å²) in [6.45, 7) is 2.40. The van der Waals surface area contributed by atoms with E-state index in [1.54, 1.807) is 0 Å². The number of para-hydroxylation sites is 1. The number of benzene rings is 1. The maximum atomic E-state index is 12.5. The van der Waals surface area contributed by atoms with Crippen LogP contribution in [0.4, 0.5) is 0 Å². The monoisotopic (exact) mass is 348 g/mol. The van der Waals surface area contributed by atoms with Crippen LogP contribution in [0.2, 0.25) is 0 Å². The third-order valence-electron chi connectivity index (χ3n) is 4.54. The highest BCUT2D eigenvalue weighted by Gasteiger charge is 2.39. The number of likely N-dealkylation sites (N-methyl/N-ethyl adjacent to an activating group) is 1. The van der Waals surface area contributed by atoms with Crippen LogP contribution in [0.3, 0.4) is 0 Å². The molecular weight excluding hydrogens is 328 g/mol. The Morgan fingerprint density at radius 3 is 3.00 bits per heavy atom. The van der Waals surface area contributed by atoms with E-state index in [9.17, 15) is 4.79 Å². The average Bonchev–Trinajstić information content (AvgIpc) is 2.87. The first-order valence-electron chi connectivity index (χ1n) is 7.88. The number of thioether (sulfide) groups is 1. The summed E-state index contributed by atoms with van der Waals surface area (Å²) < 4.78 is 7.89. The Kier molecular flexibility index (Phi) is 3.99. The fraction of sp³-hybridized carbons (Fsp3) is 0.471. The highest BCUT2D eigenvalue weighted by atomic mass is 32.2. The molecular formula is C17H20N2O2S2. The van der Waals surface area contributed by atoms with Crippen molar-refractivity contribution in [2.45, 2.75) is 17.5 Å². The minimum atomic E-state index is 0.175. The van der Waals surface area contributed by atoms with Crippen molar-refractivity contribution in [1.29, 1.82) is 0 Å². The fourth-order valence-electron chi connectivity index (χ4n) is 3.35. The van der Waals surface area contributed by atoms with Gasteiger partial charge >= 0.3 is 4.87 Å². The van der Waals surface area contributed by atoms with Crippen molar-refractivity contribution in [2.24, 2.45) is 5.92 Å². The molecule has 0 saturated heterocycles. The zero-order valence-corrected chi connectivity index (χ0v) is 15.0. The van der Waals surface area contributed by atoms with Crippen molar-refractivity contribution in [3.05, 3.63) is 44.4 Å². The molecule has 0 N–H and O–H groups in total. The Bertz CT molecular complexity index is 781. The van der Waals surface area contributed by atoms with E-state index in [1.165, 1.54) is 26.8 Å². The van der Waals surface area contributed by atoms with E-state index in [4.69, 9.17) is 4.74 Å². The summed E-state index contributed by atoms with van der Waals surface area (Å²) in [5, 5.41) is 1.18. The molecule has 2 aliphatic rings. The first kappa shape index (κ1) is 15.3. The second-order valence-electron chi connectivity index (χ2n) is 6.39. The number of aromatic nitrogens is 1. The molecule has 122 valence electrons. The third kappa shape index (κ3) is 2.62. The van der Waals surface area contributed by atoms with Crippen LogP contribution in [0.25, 0.3) is 0 Å². The van der Waals surface area contributed by atoms with Gasteiger partial charge in [-0.15, -0.1) is 11.8 Å². The van der Waals surface area contributed by atoms with Gasteiger partial charge in [-0.05, 0) is 20.2 Å². The molecule has 2 aliphatic heterocycles. The molecule has 0 radical (unpaired) electrons. The lowest BCUT2D eigenvalue weighted by Gasteiger charge is -2.36. The van der Waals surface area contributed by atoms with Crippen molar-refractivity contribution < 1.29 is 4.74 Å². The van der Waals surface area contributed by atoms with Crippen molar-refractivity contribution in [3.8, 4) is 5.75 Å². The Labute approximate surface area is 144 Å². The quantitative estimate of drug-likeness (QED) is 0.854. The Hall–Kier alpha value is -1.24. The first-order chi connectivity index (χ1) is 11.1. The predicted octanol–water partition coefficient (Wildman–Crippen LogP) is 2.72. The molecule has 0 saturated carbocycles. The van der Waals surface area contributed by atoms with Crippen molar-refractivity contribution in [3.63, 3.8) is 0 Å². The van der Waals surface area contributed by atoms with Crippen LogP contribution in [0.1, 0.15) is 16.4 Å². The predicted molar refractivity (Wildman–Crippen MR) is 95.1 cm³/mol. The van der Waals surface area contributed by atoms with Crippen LogP contribution in [-0.4, -0.2) is 42.5 Å². The van der Waals surface area contributed by atoms with Gasteiger partial charge in [-0.1, -0.05) is 29.5 Å². The molecule has 2 aromatic rings. The summed E-state index contributed by atoms with van der Waals surface area (Å²) in [4.78, 5) is 16.1. The normalized spacial score (nSPS) is 22.2. The minimum absolute atomic E-state index is 0.175. The highest BCUT2D eigenvalue weighted by Crippen LogP contribution is 2.50. The molecule has 3 heterocycles. The van der Waals surface area contributed by atoms with E-state index in [2.05, 4.69) is 17.0 Å². The number of ether oxygens (including phenoxy) is 1. The van der Waals surface area contributed by atoms with Gasteiger partial charge in [-0.3, -0.25) is 9.36 Å². The van der Waals surface area contributed by atoms with E-state index in [0.29, 0.717) is 11.8 Å². The molecule has 23 heavy (non-hydrogen) atoms. The number of thiazole rings is 1. The fourth-order valence-corrected chi connectivity index (χ4v) is 6.09. The van der Waals surface area contributed by atoms with Crippen molar-refractivity contribution in [2.75, 3.05) is 33.0 Å². The molecule has 0 fully saturated rings. The van der Waals surface area contributed by atoms with Gasteiger partial charge in [0.25, 0.3) is 0 Å². The molecule has 4 nitrogen and oxygen atoms in total.